The van der Waals surface area contributed by atoms with Crippen LogP contribution >= 0.6 is 0 Å². The van der Waals surface area contributed by atoms with Crippen LogP contribution in [0.3, 0.4) is 0 Å². The minimum Gasteiger partial charge on any atom is -0.396 e. The Balaban J connectivity index is 2.26. The van der Waals surface area contributed by atoms with Crippen molar-refractivity contribution >= 4 is 11.6 Å². The Labute approximate surface area is 99.6 Å². The van der Waals surface area contributed by atoms with Gasteiger partial charge in [0.25, 0.3) is 5.91 Å². The van der Waals surface area contributed by atoms with Crippen molar-refractivity contribution in [3.8, 4) is 0 Å². The molecule has 0 fully saturated rings. The Hall–Kier alpha value is -1.60. The summed E-state index contributed by atoms with van der Waals surface area (Å²) < 4.78 is 6.50. The Bertz CT molecular complexity index is 345. The predicted octanol–water partition coefficient (Wildman–Crippen LogP) is -0.869. The number of carbonyl (C=O) groups is 1. The SMILES string of the molecule is Cn1ncc(N)c1C(=O)NCCCOCCO. The number of nitrogens with two attached hydrogens (primary N) is 1. The monoisotopic (exact) mass is 242 g/mol. The fourth-order valence-electron chi connectivity index (χ4n) is 1.36. The average molecular weight is 242 g/mol. The number of anilines is 1. The quantitative estimate of drug-likeness (QED) is 0.539. The minimum atomic E-state index is -0.246. The fraction of sp³-hybridized carbons (Fsp3) is 0.600. The zero-order valence-electron chi connectivity index (χ0n) is 9.85. The van der Waals surface area contributed by atoms with E-state index in [0.29, 0.717) is 37.6 Å². The molecule has 17 heavy (non-hydrogen) atoms. The summed E-state index contributed by atoms with van der Waals surface area (Å²) in [6.45, 7) is 1.33. The number of aliphatic hydroxyl groups excluding tert-OH is 1. The van der Waals surface area contributed by atoms with Gasteiger partial charge in [0.2, 0.25) is 0 Å². The summed E-state index contributed by atoms with van der Waals surface area (Å²) in [6.07, 6.45) is 2.13. The fourth-order valence-corrected chi connectivity index (χ4v) is 1.36. The standard InChI is InChI=1S/C10H18N4O3/c1-14-9(8(11)7-13-14)10(16)12-3-2-5-17-6-4-15/h7,15H,2-6,11H2,1H3,(H,12,16). The second-order valence-corrected chi connectivity index (χ2v) is 3.52. The molecule has 0 spiro atoms. The molecule has 0 atom stereocenters. The van der Waals surface area contributed by atoms with E-state index in [4.69, 9.17) is 15.6 Å². The molecule has 0 unspecified atom stereocenters. The van der Waals surface area contributed by atoms with Crippen molar-refractivity contribution in [3.63, 3.8) is 0 Å². The van der Waals surface area contributed by atoms with Crippen molar-refractivity contribution in [2.24, 2.45) is 7.05 Å². The molecule has 0 saturated heterocycles. The molecule has 7 nitrogen and oxygen atoms in total. The van der Waals surface area contributed by atoms with Gasteiger partial charge in [-0.25, -0.2) is 0 Å². The first-order valence-corrected chi connectivity index (χ1v) is 5.41. The van der Waals surface area contributed by atoms with Crippen molar-refractivity contribution in [3.05, 3.63) is 11.9 Å². The van der Waals surface area contributed by atoms with Crippen LogP contribution in [0, 0.1) is 0 Å². The number of nitrogens with zero attached hydrogens (tertiary/aromatic N) is 2. The maximum Gasteiger partial charge on any atom is 0.271 e. The molecule has 4 N–H and O–H groups in total. The molecule has 1 heterocycles. The third kappa shape index (κ3) is 4.04. The van der Waals surface area contributed by atoms with E-state index in [1.165, 1.54) is 10.9 Å². The lowest BCUT2D eigenvalue weighted by Gasteiger charge is -2.06. The molecule has 7 heteroatoms. The van der Waals surface area contributed by atoms with Crippen LogP contribution in [-0.4, -0.2) is 47.2 Å². The summed E-state index contributed by atoms with van der Waals surface area (Å²) in [5.74, 6) is -0.246. The zero-order valence-corrected chi connectivity index (χ0v) is 9.85. The van der Waals surface area contributed by atoms with Gasteiger partial charge in [-0.1, -0.05) is 0 Å². The molecule has 0 aliphatic heterocycles. The maximum absolute atomic E-state index is 11.7. The van der Waals surface area contributed by atoms with Crippen LogP contribution in [0.5, 0.6) is 0 Å². The third-order valence-electron chi connectivity index (χ3n) is 2.17. The summed E-state index contributed by atoms with van der Waals surface area (Å²) >= 11 is 0. The smallest absolute Gasteiger partial charge is 0.271 e. The Morgan fingerprint density at radius 2 is 2.41 bits per heavy atom. The van der Waals surface area contributed by atoms with Gasteiger partial charge in [-0.05, 0) is 6.42 Å². The lowest BCUT2D eigenvalue weighted by atomic mass is 10.3. The number of aromatic nitrogens is 2. The van der Waals surface area contributed by atoms with Crippen molar-refractivity contribution in [1.29, 1.82) is 0 Å². The van der Waals surface area contributed by atoms with Gasteiger partial charge < -0.3 is 20.9 Å². The van der Waals surface area contributed by atoms with Gasteiger partial charge >= 0.3 is 0 Å². The molecule has 1 rings (SSSR count). The summed E-state index contributed by atoms with van der Waals surface area (Å²) in [5, 5.41) is 15.1. The lowest BCUT2D eigenvalue weighted by molar-refractivity contribution is 0.0864. The highest BCUT2D eigenvalue weighted by Crippen LogP contribution is 2.08. The number of aliphatic hydroxyl groups is 1. The third-order valence-corrected chi connectivity index (χ3v) is 2.17. The first kappa shape index (κ1) is 13.5. The molecule has 0 aliphatic carbocycles. The summed E-state index contributed by atoms with van der Waals surface area (Å²) in [5.41, 5.74) is 6.34. The Morgan fingerprint density at radius 1 is 1.65 bits per heavy atom. The van der Waals surface area contributed by atoms with E-state index in [-0.39, 0.29) is 12.5 Å². The second kappa shape index (κ2) is 6.87. The second-order valence-electron chi connectivity index (χ2n) is 3.52. The van der Waals surface area contributed by atoms with Crippen LogP contribution in [0.2, 0.25) is 0 Å². The molecular weight excluding hydrogens is 224 g/mol. The van der Waals surface area contributed by atoms with Crippen molar-refractivity contribution in [1.82, 2.24) is 15.1 Å². The average Bonchev–Trinajstić information content (AvgIpc) is 2.63. The van der Waals surface area contributed by atoms with E-state index in [0.717, 1.165) is 0 Å². The molecule has 0 bridgehead atoms. The number of nitrogens with one attached hydrogen (secondary N) is 1. The van der Waals surface area contributed by atoms with Crippen molar-refractivity contribution in [2.45, 2.75) is 6.42 Å². The number of ether oxygens (including phenoxy) is 1. The first-order chi connectivity index (χ1) is 8.16. The normalized spacial score (nSPS) is 10.5. The summed E-state index contributed by atoms with van der Waals surface area (Å²) in [4.78, 5) is 11.7. The van der Waals surface area contributed by atoms with Gasteiger partial charge in [-0.2, -0.15) is 5.10 Å². The molecule has 1 amide bonds. The highest BCUT2D eigenvalue weighted by molar-refractivity contribution is 5.97. The molecule has 1 aromatic rings. The van der Waals surface area contributed by atoms with Gasteiger partial charge in [0.05, 0.1) is 25.1 Å². The molecule has 0 aliphatic rings. The highest BCUT2D eigenvalue weighted by atomic mass is 16.5. The summed E-state index contributed by atoms with van der Waals surface area (Å²) in [7, 11) is 1.66. The van der Waals surface area contributed by atoms with Gasteiger partial charge in [0.1, 0.15) is 5.69 Å². The van der Waals surface area contributed by atoms with Crippen LogP contribution in [0.4, 0.5) is 5.69 Å². The van der Waals surface area contributed by atoms with Crippen LogP contribution in [0.1, 0.15) is 16.9 Å². The van der Waals surface area contributed by atoms with E-state index < -0.39 is 0 Å². The van der Waals surface area contributed by atoms with Gasteiger partial charge in [0.15, 0.2) is 0 Å². The Kier molecular flexibility index (Phi) is 5.44. The van der Waals surface area contributed by atoms with Gasteiger partial charge in [-0.15, -0.1) is 0 Å². The number of aryl methyl sites for hydroxylation is 1. The number of nitrogen functional groups attached to an aromatic ring is 1. The molecule has 1 aromatic heterocycles. The van der Waals surface area contributed by atoms with Crippen LogP contribution in [0.25, 0.3) is 0 Å². The summed E-state index contributed by atoms with van der Waals surface area (Å²) in [6, 6.07) is 0. The van der Waals surface area contributed by atoms with E-state index in [1.54, 1.807) is 7.05 Å². The predicted molar refractivity (Wildman–Crippen MR) is 62.5 cm³/mol. The zero-order chi connectivity index (χ0) is 12.7. The van der Waals surface area contributed by atoms with E-state index in [1.807, 2.05) is 0 Å². The lowest BCUT2D eigenvalue weighted by Crippen LogP contribution is -2.28. The Morgan fingerprint density at radius 3 is 3.00 bits per heavy atom. The van der Waals surface area contributed by atoms with Crippen LogP contribution in [-0.2, 0) is 11.8 Å². The molecule has 0 radical (unpaired) electrons. The van der Waals surface area contributed by atoms with Crippen LogP contribution < -0.4 is 11.1 Å². The van der Waals surface area contributed by atoms with Crippen molar-refractivity contribution < 1.29 is 14.6 Å². The maximum atomic E-state index is 11.7. The number of hydrogen-bond acceptors (Lipinski definition) is 5. The van der Waals surface area contributed by atoms with E-state index >= 15 is 0 Å². The van der Waals surface area contributed by atoms with Gasteiger partial charge in [-0.3, -0.25) is 9.48 Å². The largest absolute Gasteiger partial charge is 0.396 e. The number of rotatable bonds is 7. The number of hydrogen-bond donors (Lipinski definition) is 3. The molecule has 0 saturated carbocycles. The van der Waals surface area contributed by atoms with E-state index in [2.05, 4.69) is 10.4 Å². The number of amides is 1. The number of carbonyl (C=O) groups excluding carboxylic acids is 1. The van der Waals surface area contributed by atoms with Gasteiger partial charge in [0, 0.05) is 20.2 Å². The minimum absolute atomic E-state index is 0.0118. The molecule has 0 aromatic carbocycles. The molecule has 96 valence electrons. The topological polar surface area (TPSA) is 102 Å². The van der Waals surface area contributed by atoms with Crippen LogP contribution in [0.15, 0.2) is 6.20 Å². The van der Waals surface area contributed by atoms with Crippen molar-refractivity contribution in [2.75, 3.05) is 32.1 Å². The van der Waals surface area contributed by atoms with E-state index in [9.17, 15) is 4.79 Å². The first-order valence-electron chi connectivity index (χ1n) is 5.41. The molecular formula is C10H18N4O3. The highest BCUT2D eigenvalue weighted by Gasteiger charge is 2.13.